The molecule has 1 aromatic rings. The number of benzene rings is 1. The quantitative estimate of drug-likeness (QED) is 0.683. The number of alkyl halides is 3. The number of rotatable bonds is 0. The van der Waals surface area contributed by atoms with Gasteiger partial charge in [0, 0.05) is 5.56 Å². The van der Waals surface area contributed by atoms with Crippen LogP contribution in [0.1, 0.15) is 22.0 Å². The highest BCUT2D eigenvalue weighted by Gasteiger charge is 2.46. The normalized spacial score (nSPS) is 20.5. The molecule has 74 valence electrons. The topological polar surface area (TPSA) is 29.1 Å². The van der Waals surface area contributed by atoms with Gasteiger partial charge in [0.15, 0.2) is 6.04 Å². The fourth-order valence-corrected chi connectivity index (χ4v) is 1.50. The van der Waals surface area contributed by atoms with Gasteiger partial charge in [0.2, 0.25) is 0 Å². The zero-order chi connectivity index (χ0) is 10.3. The largest absolute Gasteiger partial charge is 0.412 e. The molecule has 0 aromatic heterocycles. The Morgan fingerprint density at radius 3 is 2.50 bits per heavy atom. The van der Waals surface area contributed by atoms with E-state index in [0.717, 1.165) is 0 Å². The van der Waals surface area contributed by atoms with E-state index in [0.29, 0.717) is 0 Å². The number of carbonyl (C=O) groups is 1. The Kier molecular flexibility index (Phi) is 1.77. The second-order valence-electron chi connectivity index (χ2n) is 3.04. The predicted octanol–water partition coefficient (Wildman–Crippen LogP) is 2.03. The van der Waals surface area contributed by atoms with E-state index in [4.69, 9.17) is 0 Å². The van der Waals surface area contributed by atoms with Crippen molar-refractivity contribution in [2.45, 2.75) is 12.2 Å². The summed E-state index contributed by atoms with van der Waals surface area (Å²) in [6.45, 7) is 0. The molecule has 2 rings (SSSR count). The lowest BCUT2D eigenvalue weighted by molar-refractivity contribution is -0.153. The fraction of sp³-hybridized carbons (Fsp3) is 0.222. The SMILES string of the molecule is O=C1NC(C(F)(F)F)c2ccccc21. The lowest BCUT2D eigenvalue weighted by Gasteiger charge is -2.15. The summed E-state index contributed by atoms with van der Waals surface area (Å²) in [5.74, 6) is -0.664. The molecule has 2 nitrogen and oxygen atoms in total. The van der Waals surface area contributed by atoms with E-state index >= 15 is 0 Å². The maximum absolute atomic E-state index is 12.4. The van der Waals surface area contributed by atoms with Crippen molar-refractivity contribution < 1.29 is 18.0 Å². The molecule has 0 radical (unpaired) electrons. The van der Waals surface area contributed by atoms with Crippen LogP contribution in [-0.2, 0) is 0 Å². The summed E-state index contributed by atoms with van der Waals surface area (Å²) in [5.41, 5.74) is 0.111. The highest BCUT2D eigenvalue weighted by molar-refractivity contribution is 5.99. The van der Waals surface area contributed by atoms with Crippen LogP contribution in [-0.4, -0.2) is 12.1 Å². The van der Waals surface area contributed by atoms with E-state index in [1.54, 1.807) is 0 Å². The van der Waals surface area contributed by atoms with Gasteiger partial charge in [0.1, 0.15) is 0 Å². The number of nitrogens with one attached hydrogen (secondary N) is 1. The lowest BCUT2D eigenvalue weighted by atomic mass is 10.1. The third-order valence-electron chi connectivity index (χ3n) is 2.12. The average molecular weight is 201 g/mol. The molecule has 1 atom stereocenters. The minimum atomic E-state index is -4.43. The van der Waals surface area contributed by atoms with Crippen LogP contribution in [0.15, 0.2) is 24.3 Å². The summed E-state index contributed by atoms with van der Waals surface area (Å²) < 4.78 is 37.2. The van der Waals surface area contributed by atoms with Crippen LogP contribution in [0.2, 0.25) is 0 Å². The maximum atomic E-state index is 12.4. The molecule has 0 saturated carbocycles. The van der Waals surface area contributed by atoms with E-state index < -0.39 is 18.1 Å². The second-order valence-corrected chi connectivity index (χ2v) is 3.04. The lowest BCUT2D eigenvalue weighted by Crippen LogP contribution is -2.31. The monoisotopic (exact) mass is 201 g/mol. The molecule has 1 N–H and O–H groups in total. The van der Waals surface area contributed by atoms with Crippen LogP contribution < -0.4 is 5.32 Å². The molecule has 1 aliphatic heterocycles. The Hall–Kier alpha value is -1.52. The van der Waals surface area contributed by atoms with Crippen molar-refractivity contribution in [3.8, 4) is 0 Å². The number of amides is 1. The van der Waals surface area contributed by atoms with Crippen LogP contribution in [0.4, 0.5) is 13.2 Å². The molecule has 0 fully saturated rings. The molecule has 1 unspecified atom stereocenters. The number of carbonyl (C=O) groups excluding carboxylic acids is 1. The first-order chi connectivity index (χ1) is 6.50. The van der Waals surface area contributed by atoms with Gasteiger partial charge in [-0.2, -0.15) is 13.2 Å². The van der Waals surface area contributed by atoms with E-state index in [-0.39, 0.29) is 11.1 Å². The minimum absolute atomic E-state index is 0.00463. The van der Waals surface area contributed by atoms with Gasteiger partial charge in [-0.25, -0.2) is 0 Å². The molecular formula is C9H6F3NO. The molecule has 0 bridgehead atoms. The summed E-state index contributed by atoms with van der Waals surface area (Å²) >= 11 is 0. The molecule has 0 saturated heterocycles. The summed E-state index contributed by atoms with van der Waals surface area (Å²) in [6, 6.07) is 3.86. The van der Waals surface area contributed by atoms with E-state index in [1.165, 1.54) is 24.3 Å². The summed E-state index contributed by atoms with van der Waals surface area (Å²) in [6.07, 6.45) is -4.43. The number of hydrogen-bond donors (Lipinski definition) is 1. The number of hydrogen-bond acceptors (Lipinski definition) is 1. The highest BCUT2D eigenvalue weighted by Crippen LogP contribution is 2.37. The third-order valence-corrected chi connectivity index (χ3v) is 2.12. The van der Waals surface area contributed by atoms with E-state index in [1.807, 2.05) is 5.32 Å². The molecule has 1 aromatic carbocycles. The van der Waals surface area contributed by atoms with Crippen molar-refractivity contribution in [2.24, 2.45) is 0 Å². The van der Waals surface area contributed by atoms with Crippen molar-refractivity contribution in [3.05, 3.63) is 35.4 Å². The van der Waals surface area contributed by atoms with Gasteiger partial charge in [0.25, 0.3) is 5.91 Å². The van der Waals surface area contributed by atoms with Crippen LogP contribution in [0.5, 0.6) is 0 Å². The smallest absolute Gasteiger partial charge is 0.337 e. The highest BCUT2D eigenvalue weighted by atomic mass is 19.4. The Morgan fingerprint density at radius 1 is 1.21 bits per heavy atom. The zero-order valence-corrected chi connectivity index (χ0v) is 6.93. The van der Waals surface area contributed by atoms with Crippen molar-refractivity contribution >= 4 is 5.91 Å². The summed E-state index contributed by atoms with van der Waals surface area (Å²) in [4.78, 5) is 11.1. The van der Waals surface area contributed by atoms with Gasteiger partial charge in [-0.15, -0.1) is 0 Å². The Labute approximate surface area is 77.7 Å². The molecule has 0 spiro atoms. The minimum Gasteiger partial charge on any atom is -0.337 e. The summed E-state index contributed by atoms with van der Waals surface area (Å²) in [7, 11) is 0. The van der Waals surface area contributed by atoms with Gasteiger partial charge in [-0.1, -0.05) is 18.2 Å². The second kappa shape index (κ2) is 2.73. The first-order valence-electron chi connectivity index (χ1n) is 3.96. The van der Waals surface area contributed by atoms with Crippen molar-refractivity contribution in [2.75, 3.05) is 0 Å². The van der Waals surface area contributed by atoms with Crippen LogP contribution >= 0.6 is 0 Å². The third kappa shape index (κ3) is 1.25. The molecule has 14 heavy (non-hydrogen) atoms. The van der Waals surface area contributed by atoms with Crippen molar-refractivity contribution in [1.29, 1.82) is 0 Å². The van der Waals surface area contributed by atoms with Gasteiger partial charge in [-0.3, -0.25) is 4.79 Å². The van der Waals surface area contributed by atoms with Gasteiger partial charge >= 0.3 is 6.18 Å². The van der Waals surface area contributed by atoms with Crippen LogP contribution in [0, 0.1) is 0 Å². The van der Waals surface area contributed by atoms with E-state index in [9.17, 15) is 18.0 Å². The Morgan fingerprint density at radius 2 is 1.86 bits per heavy atom. The number of halogens is 3. The van der Waals surface area contributed by atoms with Gasteiger partial charge < -0.3 is 5.32 Å². The fourth-order valence-electron chi connectivity index (χ4n) is 1.50. The first-order valence-corrected chi connectivity index (χ1v) is 3.96. The summed E-state index contributed by atoms with van der Waals surface area (Å²) in [5, 5.41) is 1.90. The van der Waals surface area contributed by atoms with Crippen LogP contribution in [0.3, 0.4) is 0 Å². The molecule has 5 heteroatoms. The molecule has 0 aliphatic carbocycles. The molecule has 1 aliphatic rings. The first kappa shape index (κ1) is 9.05. The maximum Gasteiger partial charge on any atom is 0.412 e. The van der Waals surface area contributed by atoms with E-state index in [2.05, 4.69) is 0 Å². The Bertz CT molecular complexity index is 386. The Balaban J connectivity index is 2.50. The van der Waals surface area contributed by atoms with Gasteiger partial charge in [-0.05, 0) is 11.6 Å². The van der Waals surface area contributed by atoms with Crippen molar-refractivity contribution in [1.82, 2.24) is 5.32 Å². The zero-order valence-electron chi connectivity index (χ0n) is 6.93. The van der Waals surface area contributed by atoms with Crippen molar-refractivity contribution in [3.63, 3.8) is 0 Å². The standard InChI is InChI=1S/C9H6F3NO/c10-9(11,12)7-5-3-1-2-4-6(5)8(14)13-7/h1-4,7H,(H,13,14). The van der Waals surface area contributed by atoms with Crippen LogP contribution in [0.25, 0.3) is 0 Å². The molecule has 1 heterocycles. The van der Waals surface area contributed by atoms with Gasteiger partial charge in [0.05, 0.1) is 0 Å². The molecular weight excluding hydrogens is 195 g/mol. The average Bonchev–Trinajstić information content (AvgIpc) is 2.44. The molecule has 1 amide bonds. The predicted molar refractivity (Wildman–Crippen MR) is 42.7 cm³/mol. The number of fused-ring (bicyclic) bond motifs is 1.